The van der Waals surface area contributed by atoms with Crippen LogP contribution in [0.25, 0.3) is 0 Å². The third-order valence-corrected chi connectivity index (χ3v) is 6.17. The molecule has 9 heteroatoms. The van der Waals surface area contributed by atoms with E-state index in [-0.39, 0.29) is 24.7 Å². The number of fused-ring (bicyclic) bond motifs is 2. The Morgan fingerprint density at radius 3 is 2.87 bits per heavy atom. The molecule has 7 nitrogen and oxygen atoms in total. The molecule has 0 bridgehead atoms. The number of nitrogens with zero attached hydrogens (tertiary/aromatic N) is 1. The maximum absolute atomic E-state index is 12.9. The molecule has 3 heterocycles. The average Bonchev–Trinajstić information content (AvgIpc) is 3.19. The van der Waals surface area contributed by atoms with Crippen molar-refractivity contribution in [3.05, 3.63) is 74.5 Å². The molecule has 0 fully saturated rings. The van der Waals surface area contributed by atoms with Crippen LogP contribution in [0.1, 0.15) is 29.0 Å². The Balaban J connectivity index is 1.46. The molecule has 0 aliphatic carbocycles. The molecule has 152 valence electrons. The van der Waals surface area contributed by atoms with Gasteiger partial charge in [-0.3, -0.25) is 9.59 Å². The number of hydrogen-bond donors (Lipinski definition) is 2. The first kappa shape index (κ1) is 19.0. The number of nitrogens with one attached hydrogen (secondary N) is 2. The minimum Gasteiger partial charge on any atom is -0.454 e. The summed E-state index contributed by atoms with van der Waals surface area (Å²) in [6.07, 6.45) is 0.159. The number of rotatable bonds is 4. The van der Waals surface area contributed by atoms with Crippen molar-refractivity contribution in [3.63, 3.8) is 0 Å². The molecule has 0 radical (unpaired) electrons. The largest absolute Gasteiger partial charge is 0.454 e. The number of thioether (sulfide) groups is 1. The van der Waals surface area contributed by atoms with E-state index in [1.54, 1.807) is 12.1 Å². The van der Waals surface area contributed by atoms with Gasteiger partial charge in [-0.15, -0.1) is 0 Å². The highest BCUT2D eigenvalue weighted by Gasteiger charge is 2.32. The summed E-state index contributed by atoms with van der Waals surface area (Å²) in [6, 6.07) is 13.0. The minimum atomic E-state index is -0.411. The van der Waals surface area contributed by atoms with E-state index in [1.807, 2.05) is 30.3 Å². The van der Waals surface area contributed by atoms with Crippen molar-refractivity contribution in [2.75, 3.05) is 12.1 Å². The molecule has 0 spiro atoms. The molecular formula is C21H16ClN3O4S. The number of ether oxygens (including phenoxy) is 2. The molecule has 30 heavy (non-hydrogen) atoms. The summed E-state index contributed by atoms with van der Waals surface area (Å²) in [5.41, 5.74) is 1.99. The smallest absolute Gasteiger partial charge is 0.257 e. The van der Waals surface area contributed by atoms with Gasteiger partial charge in [-0.05, 0) is 35.4 Å². The predicted molar refractivity (Wildman–Crippen MR) is 114 cm³/mol. The van der Waals surface area contributed by atoms with Crippen LogP contribution < -0.4 is 20.3 Å². The van der Waals surface area contributed by atoms with Crippen molar-refractivity contribution in [2.45, 2.75) is 23.2 Å². The van der Waals surface area contributed by atoms with E-state index in [0.717, 1.165) is 11.1 Å². The molecule has 2 aliphatic rings. The number of H-pyrrole nitrogens is 1. The fourth-order valence-corrected chi connectivity index (χ4v) is 4.63. The highest BCUT2D eigenvalue weighted by Crippen LogP contribution is 2.40. The van der Waals surface area contributed by atoms with Crippen LogP contribution in [0.3, 0.4) is 0 Å². The Morgan fingerprint density at radius 2 is 2.00 bits per heavy atom. The Morgan fingerprint density at radius 1 is 1.13 bits per heavy atom. The van der Waals surface area contributed by atoms with E-state index < -0.39 is 5.92 Å². The SMILES string of the molecule is O=C1C[C@@H](c2ccc3c(c2)OCO3)c2c(nc(SCc3cccc(Cl)c3)[nH]c2=O)N1. The number of amides is 1. The zero-order chi connectivity index (χ0) is 20.7. The van der Waals surface area contributed by atoms with E-state index in [1.165, 1.54) is 11.8 Å². The molecule has 1 atom stereocenters. The Bertz CT molecular complexity index is 1210. The summed E-state index contributed by atoms with van der Waals surface area (Å²) in [5.74, 6) is 1.55. The number of aromatic nitrogens is 2. The lowest BCUT2D eigenvalue weighted by Gasteiger charge is -2.24. The third-order valence-electron chi connectivity index (χ3n) is 4.99. The van der Waals surface area contributed by atoms with Crippen LogP contribution in [0.2, 0.25) is 5.02 Å². The lowest BCUT2D eigenvalue weighted by Crippen LogP contribution is -2.31. The van der Waals surface area contributed by atoms with Crippen LogP contribution in [-0.4, -0.2) is 22.7 Å². The Labute approximate surface area is 180 Å². The van der Waals surface area contributed by atoms with Gasteiger partial charge in [0.05, 0.1) is 5.56 Å². The maximum atomic E-state index is 12.9. The third kappa shape index (κ3) is 3.64. The molecule has 0 unspecified atom stereocenters. The van der Waals surface area contributed by atoms with Crippen LogP contribution in [0, 0.1) is 0 Å². The first-order valence-electron chi connectivity index (χ1n) is 9.27. The fraction of sp³-hybridized carbons (Fsp3) is 0.190. The lowest BCUT2D eigenvalue weighted by molar-refractivity contribution is -0.116. The molecule has 0 saturated heterocycles. The van der Waals surface area contributed by atoms with Gasteiger partial charge in [0, 0.05) is 23.1 Å². The van der Waals surface area contributed by atoms with Gasteiger partial charge in [0.25, 0.3) is 5.56 Å². The van der Waals surface area contributed by atoms with Crippen molar-refractivity contribution in [1.82, 2.24) is 9.97 Å². The van der Waals surface area contributed by atoms with Gasteiger partial charge in [-0.2, -0.15) is 0 Å². The monoisotopic (exact) mass is 441 g/mol. The number of anilines is 1. The van der Waals surface area contributed by atoms with Crippen LogP contribution in [0.5, 0.6) is 11.5 Å². The minimum absolute atomic E-state index is 0.159. The zero-order valence-electron chi connectivity index (χ0n) is 15.6. The number of hydrogen-bond acceptors (Lipinski definition) is 6. The van der Waals surface area contributed by atoms with E-state index >= 15 is 0 Å². The quantitative estimate of drug-likeness (QED) is 0.471. The molecular weight excluding hydrogens is 426 g/mol. The standard InChI is InChI=1S/C21H16ClN3O4S/c22-13-3-1-2-11(6-13)9-30-21-24-19-18(20(27)25-21)14(8-17(26)23-19)12-4-5-15-16(7-12)29-10-28-15/h1-7,14H,8-10H2,(H2,23,24,25,26,27)/t14-/m0/s1. The Hall–Kier alpha value is -2.97. The summed E-state index contributed by atoms with van der Waals surface area (Å²) in [6.45, 7) is 0.163. The first-order chi connectivity index (χ1) is 14.6. The van der Waals surface area contributed by atoms with Gasteiger partial charge >= 0.3 is 0 Å². The second-order valence-corrected chi connectivity index (χ2v) is 8.37. The average molecular weight is 442 g/mol. The van der Waals surface area contributed by atoms with Crippen LogP contribution in [-0.2, 0) is 10.5 Å². The molecule has 1 amide bonds. The van der Waals surface area contributed by atoms with Crippen molar-refractivity contribution in [3.8, 4) is 11.5 Å². The molecule has 1 aromatic heterocycles. The first-order valence-corrected chi connectivity index (χ1v) is 10.6. The van der Waals surface area contributed by atoms with Gasteiger partial charge in [0.2, 0.25) is 12.7 Å². The number of carbonyl (C=O) groups is 1. The number of carbonyl (C=O) groups excluding carboxylic acids is 1. The molecule has 0 saturated carbocycles. The van der Waals surface area contributed by atoms with Crippen molar-refractivity contribution < 1.29 is 14.3 Å². The highest BCUT2D eigenvalue weighted by atomic mass is 35.5. The van der Waals surface area contributed by atoms with Gasteiger partial charge in [-0.1, -0.05) is 41.6 Å². The Kier molecular flexibility index (Phi) is 4.88. The summed E-state index contributed by atoms with van der Waals surface area (Å²) < 4.78 is 10.8. The highest BCUT2D eigenvalue weighted by molar-refractivity contribution is 7.98. The summed E-state index contributed by atoms with van der Waals surface area (Å²) in [4.78, 5) is 32.6. The number of halogens is 1. The molecule has 2 N–H and O–H groups in total. The summed E-state index contributed by atoms with van der Waals surface area (Å²) in [7, 11) is 0. The van der Waals surface area contributed by atoms with E-state index in [0.29, 0.717) is 38.8 Å². The van der Waals surface area contributed by atoms with Crippen LogP contribution in [0.15, 0.2) is 52.4 Å². The molecule has 5 rings (SSSR count). The molecule has 3 aromatic rings. The van der Waals surface area contributed by atoms with Crippen molar-refractivity contribution in [2.24, 2.45) is 0 Å². The second kappa shape index (κ2) is 7.70. The van der Waals surface area contributed by atoms with Gasteiger partial charge in [0.15, 0.2) is 16.7 Å². The maximum Gasteiger partial charge on any atom is 0.257 e. The summed E-state index contributed by atoms with van der Waals surface area (Å²) >= 11 is 7.40. The van der Waals surface area contributed by atoms with Gasteiger partial charge in [-0.25, -0.2) is 4.98 Å². The topological polar surface area (TPSA) is 93.3 Å². The van der Waals surface area contributed by atoms with Gasteiger partial charge < -0.3 is 19.8 Å². The second-order valence-electron chi connectivity index (χ2n) is 6.97. The van der Waals surface area contributed by atoms with E-state index in [2.05, 4.69) is 15.3 Å². The zero-order valence-corrected chi connectivity index (χ0v) is 17.2. The van der Waals surface area contributed by atoms with E-state index in [4.69, 9.17) is 21.1 Å². The van der Waals surface area contributed by atoms with Crippen molar-refractivity contribution >= 4 is 35.1 Å². The predicted octanol–water partition coefficient (Wildman–Crippen LogP) is 3.92. The summed E-state index contributed by atoms with van der Waals surface area (Å²) in [5, 5.41) is 3.83. The van der Waals surface area contributed by atoms with Crippen LogP contribution >= 0.6 is 23.4 Å². The molecule has 2 aromatic carbocycles. The fourth-order valence-electron chi connectivity index (χ4n) is 3.61. The van der Waals surface area contributed by atoms with Crippen LogP contribution in [0.4, 0.5) is 5.82 Å². The van der Waals surface area contributed by atoms with E-state index in [9.17, 15) is 9.59 Å². The number of aromatic amines is 1. The van der Waals surface area contributed by atoms with Crippen molar-refractivity contribution in [1.29, 1.82) is 0 Å². The molecule has 2 aliphatic heterocycles. The number of benzene rings is 2. The lowest BCUT2D eigenvalue weighted by atomic mass is 9.86. The van der Waals surface area contributed by atoms with Gasteiger partial charge in [0.1, 0.15) is 5.82 Å². The normalized spacial score (nSPS) is 16.8.